The number of carboxylic acids is 1. The van der Waals surface area contributed by atoms with E-state index in [1.165, 1.54) is 38.3 Å². The highest BCUT2D eigenvalue weighted by Crippen LogP contribution is 2.35. The minimum absolute atomic E-state index is 0.0528. The number of carboxylic acid groups (broad SMARTS) is 1. The third-order valence-corrected chi connectivity index (χ3v) is 4.13. The van der Waals surface area contributed by atoms with Gasteiger partial charge in [-0.2, -0.15) is 0 Å². The smallest absolute Gasteiger partial charge is 0.335 e. The fourth-order valence-corrected chi connectivity index (χ4v) is 2.82. The average Bonchev–Trinajstić information content (AvgIpc) is 2.56. The van der Waals surface area contributed by atoms with Crippen molar-refractivity contribution in [1.29, 1.82) is 0 Å². The Labute approximate surface area is 164 Å². The topological polar surface area (TPSA) is 84.9 Å². The zero-order valence-corrected chi connectivity index (χ0v) is 15.9. The lowest BCUT2D eigenvalue weighted by atomic mass is 10.1. The molecule has 0 radical (unpaired) electrons. The van der Waals surface area contributed by atoms with Gasteiger partial charge in [-0.1, -0.05) is 34.8 Å². The van der Waals surface area contributed by atoms with Crippen LogP contribution in [-0.4, -0.2) is 30.2 Å². The molecule has 0 unspecified atom stereocenters. The van der Waals surface area contributed by atoms with E-state index >= 15 is 0 Å². The number of halogens is 3. The lowest BCUT2D eigenvalue weighted by Gasteiger charge is -2.17. The summed E-state index contributed by atoms with van der Waals surface area (Å²) in [6.07, 6.45) is -0.939. The summed E-state index contributed by atoms with van der Waals surface area (Å²) in [4.78, 5) is 23.6. The molecule has 0 heterocycles. The van der Waals surface area contributed by atoms with Crippen molar-refractivity contribution < 1.29 is 24.2 Å². The minimum atomic E-state index is -1.19. The van der Waals surface area contributed by atoms with Gasteiger partial charge in [0.2, 0.25) is 0 Å². The first-order valence-electron chi connectivity index (χ1n) is 7.26. The molecule has 0 bridgehead atoms. The fourth-order valence-electron chi connectivity index (χ4n) is 2.07. The van der Waals surface area contributed by atoms with Crippen LogP contribution in [0.4, 0.5) is 5.69 Å². The van der Waals surface area contributed by atoms with Crippen LogP contribution in [0.5, 0.6) is 11.5 Å². The molecule has 2 N–H and O–H groups in total. The molecular weight excluding hydrogens is 405 g/mol. The van der Waals surface area contributed by atoms with Gasteiger partial charge in [0.15, 0.2) is 11.9 Å². The van der Waals surface area contributed by atoms with Gasteiger partial charge in [-0.25, -0.2) is 4.79 Å². The average molecular weight is 419 g/mol. The molecule has 0 aliphatic heterocycles. The molecule has 0 aliphatic rings. The third kappa shape index (κ3) is 4.72. The maximum Gasteiger partial charge on any atom is 0.335 e. The fraction of sp³-hybridized carbons (Fsp3) is 0.176. The number of hydrogen-bond acceptors (Lipinski definition) is 4. The summed E-state index contributed by atoms with van der Waals surface area (Å²) in [5, 5.41) is 12.4. The predicted molar refractivity (Wildman–Crippen MR) is 100 cm³/mol. The van der Waals surface area contributed by atoms with Gasteiger partial charge in [-0.3, -0.25) is 4.79 Å². The first kappa shape index (κ1) is 20.2. The first-order chi connectivity index (χ1) is 12.2. The number of anilines is 1. The molecule has 0 saturated heterocycles. The van der Waals surface area contributed by atoms with E-state index in [0.29, 0.717) is 5.02 Å². The van der Waals surface area contributed by atoms with E-state index < -0.39 is 18.0 Å². The normalized spacial score (nSPS) is 11.6. The zero-order valence-electron chi connectivity index (χ0n) is 13.7. The summed E-state index contributed by atoms with van der Waals surface area (Å²) in [6, 6.07) is 7.07. The molecule has 0 aliphatic carbocycles. The van der Waals surface area contributed by atoms with Gasteiger partial charge in [0.05, 0.1) is 28.4 Å². The summed E-state index contributed by atoms with van der Waals surface area (Å²) < 4.78 is 10.6. The summed E-state index contributed by atoms with van der Waals surface area (Å²) in [5.74, 6) is -1.32. The Morgan fingerprint density at radius 3 is 2.38 bits per heavy atom. The minimum Gasteiger partial charge on any atom is -0.493 e. The predicted octanol–water partition coefficient (Wildman–Crippen LogP) is 4.76. The molecular formula is C17H14Cl3NO5. The Kier molecular flexibility index (Phi) is 6.58. The number of carbonyl (C=O) groups excluding carboxylic acids is 1. The number of nitrogens with one attached hydrogen (secondary N) is 1. The Bertz CT molecular complexity index is 857. The van der Waals surface area contributed by atoms with Crippen molar-refractivity contribution >= 4 is 52.4 Å². The third-order valence-electron chi connectivity index (χ3n) is 3.32. The Morgan fingerprint density at radius 1 is 1.12 bits per heavy atom. The highest BCUT2D eigenvalue weighted by molar-refractivity contribution is 6.35. The number of ether oxygens (including phenoxy) is 2. The number of aromatic carboxylic acids is 1. The summed E-state index contributed by atoms with van der Waals surface area (Å²) in [6.45, 7) is 1.51. The molecule has 0 saturated carbocycles. The quantitative estimate of drug-likeness (QED) is 0.706. The van der Waals surface area contributed by atoms with E-state index in [1.54, 1.807) is 6.07 Å². The number of methoxy groups -OCH3 is 1. The van der Waals surface area contributed by atoms with Crippen LogP contribution in [0.3, 0.4) is 0 Å². The number of amides is 1. The largest absolute Gasteiger partial charge is 0.493 e. The molecule has 0 fully saturated rings. The highest BCUT2D eigenvalue weighted by Gasteiger charge is 2.21. The van der Waals surface area contributed by atoms with Crippen molar-refractivity contribution in [2.45, 2.75) is 13.0 Å². The molecule has 0 spiro atoms. The van der Waals surface area contributed by atoms with Gasteiger partial charge in [0.1, 0.15) is 5.75 Å². The van der Waals surface area contributed by atoms with Crippen molar-refractivity contribution in [2.75, 3.05) is 12.4 Å². The van der Waals surface area contributed by atoms with Gasteiger partial charge in [-0.15, -0.1) is 0 Å². The maximum absolute atomic E-state index is 12.4. The van der Waals surface area contributed by atoms with Crippen LogP contribution < -0.4 is 14.8 Å². The summed E-state index contributed by atoms with van der Waals surface area (Å²) >= 11 is 17.8. The van der Waals surface area contributed by atoms with Gasteiger partial charge in [-0.05, 0) is 37.3 Å². The molecule has 0 aromatic heterocycles. The van der Waals surface area contributed by atoms with Gasteiger partial charge in [0.25, 0.3) is 5.91 Å². The molecule has 26 heavy (non-hydrogen) atoms. The lowest BCUT2D eigenvalue weighted by Crippen LogP contribution is -2.30. The second-order valence-corrected chi connectivity index (χ2v) is 6.42. The van der Waals surface area contributed by atoms with Crippen LogP contribution in [-0.2, 0) is 4.79 Å². The molecule has 2 rings (SSSR count). The van der Waals surface area contributed by atoms with Crippen LogP contribution in [0, 0.1) is 0 Å². The van der Waals surface area contributed by atoms with Crippen LogP contribution in [0.15, 0.2) is 30.3 Å². The number of carbonyl (C=O) groups is 2. The van der Waals surface area contributed by atoms with Crippen LogP contribution >= 0.6 is 34.8 Å². The second-order valence-electron chi connectivity index (χ2n) is 5.17. The molecule has 1 amide bonds. The van der Waals surface area contributed by atoms with Crippen molar-refractivity contribution in [1.82, 2.24) is 0 Å². The first-order valence-corrected chi connectivity index (χ1v) is 8.39. The molecule has 1 atom stereocenters. The Balaban J connectivity index is 2.21. The van der Waals surface area contributed by atoms with Crippen molar-refractivity contribution in [3.63, 3.8) is 0 Å². The second kappa shape index (κ2) is 8.49. The van der Waals surface area contributed by atoms with Gasteiger partial charge < -0.3 is 19.9 Å². The molecule has 138 valence electrons. The lowest BCUT2D eigenvalue weighted by molar-refractivity contribution is -0.122. The summed E-state index contributed by atoms with van der Waals surface area (Å²) in [5.41, 5.74) is 0.0143. The van der Waals surface area contributed by atoms with Crippen molar-refractivity contribution in [2.24, 2.45) is 0 Å². The Morgan fingerprint density at radius 2 is 1.81 bits per heavy atom. The van der Waals surface area contributed by atoms with Gasteiger partial charge in [0, 0.05) is 5.02 Å². The van der Waals surface area contributed by atoms with E-state index in [9.17, 15) is 9.59 Å². The SMILES string of the molecule is COc1c(Cl)cc(C(=O)O)cc1NC(=O)[C@@H](C)Oc1ccc(Cl)cc1Cl. The maximum atomic E-state index is 12.4. The van der Waals surface area contributed by atoms with Crippen molar-refractivity contribution in [3.8, 4) is 11.5 Å². The van der Waals surface area contributed by atoms with Crippen LogP contribution in [0.2, 0.25) is 15.1 Å². The van der Waals surface area contributed by atoms with E-state index in [2.05, 4.69) is 5.32 Å². The monoisotopic (exact) mass is 417 g/mol. The van der Waals surface area contributed by atoms with E-state index in [1.807, 2.05) is 0 Å². The molecule has 2 aromatic carbocycles. The van der Waals surface area contributed by atoms with Crippen LogP contribution in [0.1, 0.15) is 17.3 Å². The molecule has 2 aromatic rings. The molecule has 9 heteroatoms. The summed E-state index contributed by atoms with van der Waals surface area (Å²) in [7, 11) is 1.35. The van der Waals surface area contributed by atoms with Crippen molar-refractivity contribution in [3.05, 3.63) is 51.0 Å². The van der Waals surface area contributed by atoms with E-state index in [-0.39, 0.29) is 32.8 Å². The van der Waals surface area contributed by atoms with E-state index in [0.717, 1.165) is 0 Å². The number of hydrogen-bond donors (Lipinski definition) is 2. The van der Waals surface area contributed by atoms with Gasteiger partial charge >= 0.3 is 5.97 Å². The van der Waals surface area contributed by atoms with Crippen LogP contribution in [0.25, 0.3) is 0 Å². The highest BCUT2D eigenvalue weighted by atomic mass is 35.5. The standard InChI is InChI=1S/C17H14Cl3NO5/c1-8(26-14-4-3-10(18)7-11(14)19)16(22)21-13-6-9(17(23)24)5-12(20)15(13)25-2/h3-8H,1-2H3,(H,21,22)(H,23,24)/t8-/m1/s1. The molecule has 6 nitrogen and oxygen atoms in total. The van der Waals surface area contributed by atoms with E-state index in [4.69, 9.17) is 49.4 Å². The number of rotatable bonds is 6. The number of benzene rings is 2. The zero-order chi connectivity index (χ0) is 19.4. The Hall–Kier alpha value is -2.15.